The molecule has 34 heavy (non-hydrogen) atoms. The minimum Gasteiger partial charge on any atom is -0.461 e. The van der Waals surface area contributed by atoms with E-state index in [2.05, 4.69) is 20.3 Å². The first-order valence-corrected chi connectivity index (χ1v) is 11.1. The zero-order valence-corrected chi connectivity index (χ0v) is 18.7. The summed E-state index contributed by atoms with van der Waals surface area (Å²) in [6.07, 6.45) is 1.28. The Hall–Kier alpha value is -4.21. The van der Waals surface area contributed by atoms with Crippen LogP contribution < -0.4 is 15.6 Å². The van der Waals surface area contributed by atoms with Crippen LogP contribution in [-0.4, -0.2) is 62.0 Å². The number of hydrogen-bond acceptors (Lipinski definition) is 6. The molecule has 5 rings (SSSR count). The first-order chi connectivity index (χ1) is 16.5. The van der Waals surface area contributed by atoms with E-state index in [0.717, 1.165) is 11.0 Å². The van der Waals surface area contributed by atoms with E-state index in [0.29, 0.717) is 43.0 Å². The Morgan fingerprint density at radius 3 is 2.53 bits per heavy atom. The van der Waals surface area contributed by atoms with Crippen LogP contribution in [0.3, 0.4) is 0 Å². The third-order valence-electron chi connectivity index (χ3n) is 6.03. The highest BCUT2D eigenvalue weighted by Crippen LogP contribution is 2.23. The van der Waals surface area contributed by atoms with Gasteiger partial charge in [0, 0.05) is 33.0 Å². The van der Waals surface area contributed by atoms with Gasteiger partial charge in [-0.2, -0.15) is 4.98 Å². The summed E-state index contributed by atoms with van der Waals surface area (Å²) in [5.41, 5.74) is 2.07. The molecule has 10 heteroatoms. The molecule has 2 N–H and O–H groups in total. The van der Waals surface area contributed by atoms with Gasteiger partial charge in [0.25, 0.3) is 17.5 Å². The second-order valence-electron chi connectivity index (χ2n) is 8.25. The van der Waals surface area contributed by atoms with Crippen molar-refractivity contribution in [3.05, 3.63) is 64.6 Å². The molecule has 0 unspecified atom stereocenters. The predicted molar refractivity (Wildman–Crippen MR) is 126 cm³/mol. The van der Waals surface area contributed by atoms with Gasteiger partial charge in [-0.1, -0.05) is 24.3 Å². The number of carbonyl (C=O) groups is 2. The van der Waals surface area contributed by atoms with Crippen LogP contribution in [0.2, 0.25) is 0 Å². The number of aromatic amines is 1. The number of aromatic nitrogens is 4. The molecule has 0 aliphatic carbocycles. The van der Waals surface area contributed by atoms with E-state index in [4.69, 9.17) is 4.74 Å². The Labute approximate surface area is 194 Å². The number of benzene rings is 2. The van der Waals surface area contributed by atoms with Crippen LogP contribution in [0, 0.1) is 0 Å². The van der Waals surface area contributed by atoms with E-state index >= 15 is 0 Å². The number of carbonyl (C=O) groups excluding carboxylic acids is 2. The van der Waals surface area contributed by atoms with E-state index in [1.165, 1.54) is 0 Å². The zero-order chi connectivity index (χ0) is 23.7. The number of likely N-dealkylation sites (tertiary alicyclic amines) is 1. The van der Waals surface area contributed by atoms with E-state index in [-0.39, 0.29) is 24.2 Å². The molecule has 2 amide bonds. The highest BCUT2D eigenvalue weighted by Gasteiger charge is 2.26. The summed E-state index contributed by atoms with van der Waals surface area (Å²) in [5, 5.41) is 2.52. The molecular weight excluding hydrogens is 436 g/mol. The first-order valence-electron chi connectivity index (χ1n) is 11.1. The SMILES string of the molecule is Cn1c(OC2CCN(C(=O)CNC(=O)c3nc4ccccc4[nH]c3=O)CC2)nc2ccccc21. The zero-order valence-electron chi connectivity index (χ0n) is 18.7. The lowest BCUT2D eigenvalue weighted by molar-refractivity contribution is -0.131. The number of piperidine rings is 1. The molecule has 1 aliphatic rings. The number of H-pyrrole nitrogens is 1. The number of fused-ring (bicyclic) bond motifs is 2. The second kappa shape index (κ2) is 8.97. The predicted octanol–water partition coefficient (Wildman–Crippen LogP) is 1.61. The summed E-state index contributed by atoms with van der Waals surface area (Å²) in [4.78, 5) is 50.3. The monoisotopic (exact) mass is 460 g/mol. The fourth-order valence-electron chi connectivity index (χ4n) is 4.14. The molecule has 0 radical (unpaired) electrons. The molecule has 1 aliphatic heterocycles. The quantitative estimate of drug-likeness (QED) is 0.467. The molecule has 0 atom stereocenters. The fourth-order valence-corrected chi connectivity index (χ4v) is 4.14. The molecule has 2 aromatic carbocycles. The van der Waals surface area contributed by atoms with E-state index in [1.54, 1.807) is 29.2 Å². The van der Waals surface area contributed by atoms with Crippen LogP contribution in [0.1, 0.15) is 23.3 Å². The largest absolute Gasteiger partial charge is 0.461 e. The van der Waals surface area contributed by atoms with Crippen molar-refractivity contribution in [1.29, 1.82) is 0 Å². The summed E-state index contributed by atoms with van der Waals surface area (Å²) in [5.74, 6) is -0.896. The van der Waals surface area contributed by atoms with Crippen LogP contribution in [0.4, 0.5) is 0 Å². The first kappa shape index (κ1) is 21.6. The summed E-state index contributed by atoms with van der Waals surface area (Å²) in [7, 11) is 1.92. The third kappa shape index (κ3) is 4.21. The van der Waals surface area contributed by atoms with Gasteiger partial charge in [0.15, 0.2) is 5.69 Å². The molecule has 3 heterocycles. The Morgan fingerprint density at radius 1 is 1.06 bits per heavy atom. The minimum absolute atomic E-state index is 0.0467. The molecule has 0 saturated carbocycles. The summed E-state index contributed by atoms with van der Waals surface area (Å²) >= 11 is 0. The minimum atomic E-state index is -0.680. The van der Waals surface area contributed by atoms with Crippen molar-refractivity contribution in [2.75, 3.05) is 19.6 Å². The van der Waals surface area contributed by atoms with Gasteiger partial charge in [-0.3, -0.25) is 19.0 Å². The molecule has 0 spiro atoms. The molecule has 174 valence electrons. The average Bonchev–Trinajstić information content (AvgIpc) is 3.17. The summed E-state index contributed by atoms with van der Waals surface area (Å²) in [6.45, 7) is 0.819. The third-order valence-corrected chi connectivity index (χ3v) is 6.03. The molecule has 0 bridgehead atoms. The Kier molecular flexibility index (Phi) is 5.70. The number of nitrogens with zero attached hydrogens (tertiary/aromatic N) is 4. The Balaban J connectivity index is 1.15. The number of ether oxygens (including phenoxy) is 1. The van der Waals surface area contributed by atoms with E-state index in [9.17, 15) is 14.4 Å². The average molecular weight is 460 g/mol. The molecule has 10 nitrogen and oxygen atoms in total. The van der Waals surface area contributed by atoms with Gasteiger partial charge in [0.2, 0.25) is 5.91 Å². The smallest absolute Gasteiger partial charge is 0.297 e. The van der Waals surface area contributed by atoms with Crippen LogP contribution >= 0.6 is 0 Å². The molecular formula is C24H24N6O4. The lowest BCUT2D eigenvalue weighted by atomic mass is 10.1. The fraction of sp³-hybridized carbons (Fsp3) is 0.292. The van der Waals surface area contributed by atoms with Crippen LogP contribution in [0.25, 0.3) is 22.1 Å². The van der Waals surface area contributed by atoms with Crippen molar-refractivity contribution >= 4 is 33.9 Å². The standard InChI is InChI=1S/C24H24N6O4/c1-29-19-9-5-4-8-18(19)28-24(29)34-15-10-12-30(13-11-15)20(31)14-25-22(32)21-23(33)27-17-7-3-2-6-16(17)26-21/h2-9,15H,10-14H2,1H3,(H,25,32)(H,27,33). The Bertz CT molecular complexity index is 1430. The van der Waals surface area contributed by atoms with Gasteiger partial charge in [-0.25, -0.2) is 4.98 Å². The van der Waals surface area contributed by atoms with E-state index < -0.39 is 11.5 Å². The molecule has 2 aromatic heterocycles. The van der Waals surface area contributed by atoms with Crippen molar-refractivity contribution in [3.8, 4) is 6.01 Å². The van der Waals surface area contributed by atoms with Gasteiger partial charge < -0.3 is 19.9 Å². The Morgan fingerprint density at radius 2 is 1.76 bits per heavy atom. The maximum absolute atomic E-state index is 12.6. The maximum Gasteiger partial charge on any atom is 0.297 e. The topological polar surface area (TPSA) is 122 Å². The molecule has 1 saturated heterocycles. The molecule has 4 aromatic rings. The highest BCUT2D eigenvalue weighted by molar-refractivity contribution is 5.95. The van der Waals surface area contributed by atoms with Crippen molar-refractivity contribution < 1.29 is 14.3 Å². The lowest BCUT2D eigenvalue weighted by Crippen LogP contribution is -2.46. The van der Waals surface area contributed by atoms with Crippen molar-refractivity contribution in [1.82, 2.24) is 29.7 Å². The summed E-state index contributed by atoms with van der Waals surface area (Å²) in [6, 6.07) is 15.3. The maximum atomic E-state index is 12.6. The van der Waals surface area contributed by atoms with Gasteiger partial charge in [0.05, 0.1) is 28.6 Å². The number of aryl methyl sites for hydroxylation is 1. The number of para-hydroxylation sites is 4. The highest BCUT2D eigenvalue weighted by atomic mass is 16.5. The van der Waals surface area contributed by atoms with Crippen molar-refractivity contribution in [3.63, 3.8) is 0 Å². The second-order valence-corrected chi connectivity index (χ2v) is 8.25. The van der Waals surface area contributed by atoms with Gasteiger partial charge in [0.1, 0.15) is 6.10 Å². The number of imidazole rings is 1. The van der Waals surface area contributed by atoms with Crippen molar-refractivity contribution in [2.24, 2.45) is 7.05 Å². The number of rotatable bonds is 5. The van der Waals surface area contributed by atoms with Gasteiger partial charge in [-0.15, -0.1) is 0 Å². The normalized spacial score (nSPS) is 14.4. The van der Waals surface area contributed by atoms with Crippen LogP contribution in [0.15, 0.2) is 53.3 Å². The number of hydrogen-bond donors (Lipinski definition) is 2. The van der Waals surface area contributed by atoms with Gasteiger partial charge >= 0.3 is 0 Å². The number of nitrogens with one attached hydrogen (secondary N) is 2. The van der Waals surface area contributed by atoms with Crippen molar-refractivity contribution in [2.45, 2.75) is 18.9 Å². The lowest BCUT2D eigenvalue weighted by Gasteiger charge is -2.31. The van der Waals surface area contributed by atoms with Crippen LogP contribution in [0.5, 0.6) is 6.01 Å². The van der Waals surface area contributed by atoms with E-state index in [1.807, 2.05) is 35.9 Å². The number of amides is 2. The summed E-state index contributed by atoms with van der Waals surface area (Å²) < 4.78 is 8.02. The van der Waals surface area contributed by atoms with Crippen LogP contribution in [-0.2, 0) is 11.8 Å². The van der Waals surface area contributed by atoms with Gasteiger partial charge in [-0.05, 0) is 24.3 Å². The molecule has 1 fully saturated rings.